The van der Waals surface area contributed by atoms with Crippen LogP contribution in [-0.2, 0) is 6.54 Å². The summed E-state index contributed by atoms with van der Waals surface area (Å²) >= 11 is 6.21. The molecule has 2 heterocycles. The Morgan fingerprint density at radius 2 is 2.10 bits per heavy atom. The third-order valence-corrected chi connectivity index (χ3v) is 4.33. The fourth-order valence-corrected chi connectivity index (χ4v) is 3.03. The molecule has 21 heavy (non-hydrogen) atoms. The molecule has 5 heteroatoms. The molecule has 1 saturated heterocycles. The molecule has 0 spiro atoms. The van der Waals surface area contributed by atoms with Gasteiger partial charge in [-0.3, -0.25) is 4.90 Å². The van der Waals surface area contributed by atoms with Crippen molar-refractivity contribution < 1.29 is 0 Å². The van der Waals surface area contributed by atoms with E-state index in [9.17, 15) is 0 Å². The second-order valence-corrected chi connectivity index (χ2v) is 6.12. The summed E-state index contributed by atoms with van der Waals surface area (Å²) in [7, 11) is 0. The number of aromatic nitrogens is 2. The van der Waals surface area contributed by atoms with Crippen molar-refractivity contribution in [2.24, 2.45) is 5.73 Å². The van der Waals surface area contributed by atoms with Crippen molar-refractivity contribution in [3.63, 3.8) is 0 Å². The summed E-state index contributed by atoms with van der Waals surface area (Å²) in [5, 5.41) is 5.15. The van der Waals surface area contributed by atoms with Crippen LogP contribution in [0.5, 0.6) is 0 Å². The lowest BCUT2D eigenvalue weighted by Gasteiger charge is -2.18. The average molecular weight is 305 g/mol. The Hall–Kier alpha value is -1.36. The average Bonchev–Trinajstić information content (AvgIpc) is 2.83. The van der Waals surface area contributed by atoms with Crippen molar-refractivity contribution in [3.8, 4) is 5.69 Å². The molecule has 1 aromatic carbocycles. The predicted molar refractivity (Wildman–Crippen MR) is 85.7 cm³/mol. The molecular weight excluding hydrogens is 284 g/mol. The number of likely N-dealkylation sites (tertiary alicyclic amines) is 1. The van der Waals surface area contributed by atoms with E-state index < -0.39 is 0 Å². The summed E-state index contributed by atoms with van der Waals surface area (Å²) in [4.78, 5) is 2.46. The Kier molecular flexibility index (Phi) is 4.58. The number of nitrogens with two attached hydrogens (primary N) is 1. The Morgan fingerprint density at radius 1 is 1.24 bits per heavy atom. The summed E-state index contributed by atoms with van der Waals surface area (Å²) in [5.74, 6) is 0. The van der Waals surface area contributed by atoms with E-state index in [-0.39, 0.29) is 0 Å². The van der Waals surface area contributed by atoms with Crippen LogP contribution in [-0.4, -0.2) is 33.8 Å². The lowest BCUT2D eigenvalue weighted by molar-refractivity contribution is 0.276. The van der Waals surface area contributed by atoms with Crippen LogP contribution in [0.25, 0.3) is 5.69 Å². The fourth-order valence-electron chi connectivity index (χ4n) is 2.81. The lowest BCUT2D eigenvalue weighted by Crippen LogP contribution is -2.26. The van der Waals surface area contributed by atoms with Crippen LogP contribution in [0.15, 0.2) is 36.7 Å². The monoisotopic (exact) mass is 304 g/mol. The van der Waals surface area contributed by atoms with E-state index in [2.05, 4.69) is 16.2 Å². The van der Waals surface area contributed by atoms with Crippen molar-refractivity contribution in [2.45, 2.75) is 31.8 Å². The van der Waals surface area contributed by atoms with Crippen molar-refractivity contribution in [1.29, 1.82) is 0 Å². The molecule has 1 aliphatic heterocycles. The van der Waals surface area contributed by atoms with Gasteiger partial charge in [-0.15, -0.1) is 0 Å². The van der Waals surface area contributed by atoms with E-state index in [0.717, 1.165) is 38.2 Å². The quantitative estimate of drug-likeness (QED) is 0.948. The Balaban J connectivity index is 1.69. The minimum absolute atomic E-state index is 0.362. The summed E-state index contributed by atoms with van der Waals surface area (Å²) < 4.78 is 1.85. The summed E-state index contributed by atoms with van der Waals surface area (Å²) in [6.07, 6.45) is 7.38. The van der Waals surface area contributed by atoms with E-state index in [1.807, 2.05) is 35.1 Å². The molecule has 0 unspecified atom stereocenters. The fraction of sp³-hybridized carbons (Fsp3) is 0.438. The molecule has 112 valence electrons. The number of nitrogens with zero attached hydrogens (tertiary/aromatic N) is 3. The highest BCUT2D eigenvalue weighted by Crippen LogP contribution is 2.20. The van der Waals surface area contributed by atoms with Crippen LogP contribution in [0, 0.1) is 0 Å². The first-order valence-corrected chi connectivity index (χ1v) is 7.86. The molecule has 1 aliphatic rings. The Labute approximate surface area is 130 Å². The number of benzene rings is 1. The SMILES string of the molecule is N[C@H]1CCCN(Cc2cnn(-c3ccccc3Cl)c2)CC1. The van der Waals surface area contributed by atoms with Crippen LogP contribution in [0.1, 0.15) is 24.8 Å². The van der Waals surface area contributed by atoms with Gasteiger partial charge in [-0.1, -0.05) is 23.7 Å². The van der Waals surface area contributed by atoms with Crippen molar-refractivity contribution in [2.75, 3.05) is 13.1 Å². The minimum atomic E-state index is 0.362. The third-order valence-electron chi connectivity index (χ3n) is 4.01. The Bertz CT molecular complexity index is 595. The first kappa shape index (κ1) is 14.6. The molecule has 2 N–H and O–H groups in total. The number of halogens is 1. The topological polar surface area (TPSA) is 47.1 Å². The molecule has 1 aromatic heterocycles. The highest BCUT2D eigenvalue weighted by molar-refractivity contribution is 6.32. The van der Waals surface area contributed by atoms with E-state index in [1.165, 1.54) is 12.0 Å². The molecule has 4 nitrogen and oxygen atoms in total. The van der Waals surface area contributed by atoms with E-state index in [1.54, 1.807) is 0 Å². The standard InChI is InChI=1S/C16H21ClN4/c17-15-5-1-2-6-16(15)21-12-13(10-19-21)11-20-8-3-4-14(18)7-9-20/h1-2,5-6,10,12,14H,3-4,7-9,11,18H2/t14-/m0/s1. The van der Waals surface area contributed by atoms with E-state index in [0.29, 0.717) is 11.1 Å². The van der Waals surface area contributed by atoms with Crippen molar-refractivity contribution >= 4 is 11.6 Å². The van der Waals surface area contributed by atoms with E-state index in [4.69, 9.17) is 17.3 Å². The Morgan fingerprint density at radius 3 is 2.95 bits per heavy atom. The van der Waals surface area contributed by atoms with Gasteiger partial charge in [-0.05, 0) is 44.5 Å². The number of para-hydroxylation sites is 1. The highest BCUT2D eigenvalue weighted by Gasteiger charge is 2.15. The molecule has 1 atom stereocenters. The molecule has 0 radical (unpaired) electrons. The number of hydrogen-bond donors (Lipinski definition) is 1. The number of hydrogen-bond acceptors (Lipinski definition) is 3. The summed E-state index contributed by atoms with van der Waals surface area (Å²) in [6.45, 7) is 3.11. The van der Waals surface area contributed by atoms with Gasteiger partial charge in [0.25, 0.3) is 0 Å². The van der Waals surface area contributed by atoms with Gasteiger partial charge in [0.05, 0.1) is 16.9 Å². The maximum Gasteiger partial charge on any atom is 0.0831 e. The smallest absolute Gasteiger partial charge is 0.0831 e. The lowest BCUT2D eigenvalue weighted by atomic mass is 10.1. The normalized spacial score (nSPS) is 20.4. The molecule has 2 aromatic rings. The van der Waals surface area contributed by atoms with Gasteiger partial charge in [0.1, 0.15) is 0 Å². The second kappa shape index (κ2) is 6.60. The van der Waals surface area contributed by atoms with Crippen LogP contribution < -0.4 is 5.73 Å². The van der Waals surface area contributed by atoms with Crippen LogP contribution in [0.4, 0.5) is 0 Å². The van der Waals surface area contributed by atoms with Crippen LogP contribution in [0.3, 0.4) is 0 Å². The first-order valence-electron chi connectivity index (χ1n) is 7.49. The minimum Gasteiger partial charge on any atom is -0.328 e. The van der Waals surface area contributed by atoms with Gasteiger partial charge in [0, 0.05) is 24.3 Å². The maximum atomic E-state index is 6.21. The van der Waals surface area contributed by atoms with Crippen molar-refractivity contribution in [1.82, 2.24) is 14.7 Å². The molecule has 0 aliphatic carbocycles. The van der Waals surface area contributed by atoms with Gasteiger partial charge in [0.2, 0.25) is 0 Å². The zero-order valence-corrected chi connectivity index (χ0v) is 12.8. The summed E-state index contributed by atoms with van der Waals surface area (Å²) in [6, 6.07) is 8.12. The molecule has 3 rings (SSSR count). The third kappa shape index (κ3) is 3.64. The van der Waals surface area contributed by atoms with Gasteiger partial charge in [-0.2, -0.15) is 5.10 Å². The van der Waals surface area contributed by atoms with Gasteiger partial charge >= 0.3 is 0 Å². The number of rotatable bonds is 3. The molecular formula is C16H21ClN4. The molecule has 0 amide bonds. The van der Waals surface area contributed by atoms with Crippen molar-refractivity contribution in [3.05, 3.63) is 47.2 Å². The van der Waals surface area contributed by atoms with Gasteiger partial charge in [0.15, 0.2) is 0 Å². The molecule has 0 saturated carbocycles. The predicted octanol–water partition coefficient (Wildman–Crippen LogP) is 2.84. The zero-order valence-electron chi connectivity index (χ0n) is 12.1. The largest absolute Gasteiger partial charge is 0.328 e. The van der Waals surface area contributed by atoms with E-state index >= 15 is 0 Å². The molecule has 0 bridgehead atoms. The van der Waals surface area contributed by atoms with Gasteiger partial charge < -0.3 is 5.73 Å². The first-order chi connectivity index (χ1) is 10.2. The highest BCUT2D eigenvalue weighted by atomic mass is 35.5. The van der Waals surface area contributed by atoms with Crippen LogP contribution >= 0.6 is 11.6 Å². The summed E-state index contributed by atoms with van der Waals surface area (Å²) in [5.41, 5.74) is 8.16. The maximum absolute atomic E-state index is 6.21. The van der Waals surface area contributed by atoms with Gasteiger partial charge in [-0.25, -0.2) is 4.68 Å². The molecule has 1 fully saturated rings. The zero-order chi connectivity index (χ0) is 14.7. The van der Waals surface area contributed by atoms with Crippen LogP contribution in [0.2, 0.25) is 5.02 Å². The second-order valence-electron chi connectivity index (χ2n) is 5.71.